The summed E-state index contributed by atoms with van der Waals surface area (Å²) in [7, 11) is 1.62. The Morgan fingerprint density at radius 1 is 1.19 bits per heavy atom. The number of nitrogens with one attached hydrogen (secondary N) is 1. The molecule has 0 unspecified atom stereocenters. The maximum absolute atomic E-state index is 12.1. The number of anilines is 1. The highest BCUT2D eigenvalue weighted by Gasteiger charge is 2.11. The molecule has 1 amide bonds. The molecule has 0 atom stereocenters. The second-order valence-corrected chi connectivity index (χ2v) is 5.84. The van der Waals surface area contributed by atoms with Crippen LogP contribution >= 0.6 is 0 Å². The predicted octanol–water partition coefficient (Wildman–Crippen LogP) is 3.88. The van der Waals surface area contributed by atoms with E-state index in [1.165, 1.54) is 5.56 Å². The summed E-state index contributed by atoms with van der Waals surface area (Å²) in [5, 5.41) is 6.86. The second-order valence-electron chi connectivity index (χ2n) is 5.84. The SMILES string of the molecule is CCc1cccc(NC(=O)CCc2nc(-c3ccc(OC)cc3)no2)c1. The number of hydrogen-bond donors (Lipinski definition) is 1. The van der Waals surface area contributed by atoms with Crippen molar-refractivity contribution in [2.24, 2.45) is 0 Å². The largest absolute Gasteiger partial charge is 0.497 e. The number of nitrogens with zero attached hydrogens (tertiary/aromatic N) is 2. The van der Waals surface area contributed by atoms with E-state index < -0.39 is 0 Å². The Bertz CT molecular complexity index is 872. The zero-order valence-electron chi connectivity index (χ0n) is 14.9. The zero-order chi connectivity index (χ0) is 18.4. The molecular formula is C20H21N3O3. The first kappa shape index (κ1) is 17.7. The first-order valence-electron chi connectivity index (χ1n) is 8.53. The Labute approximate surface area is 152 Å². The molecule has 6 heteroatoms. The van der Waals surface area contributed by atoms with Crippen LogP contribution in [0.1, 0.15) is 24.8 Å². The number of rotatable bonds is 7. The smallest absolute Gasteiger partial charge is 0.227 e. The van der Waals surface area contributed by atoms with Crippen molar-refractivity contribution in [2.45, 2.75) is 26.2 Å². The Hall–Kier alpha value is -3.15. The first-order valence-corrected chi connectivity index (χ1v) is 8.53. The van der Waals surface area contributed by atoms with E-state index in [0.717, 1.165) is 23.4 Å². The van der Waals surface area contributed by atoms with Crippen LogP contribution in [-0.2, 0) is 17.6 Å². The average molecular weight is 351 g/mol. The molecule has 2 aromatic carbocycles. The van der Waals surface area contributed by atoms with Gasteiger partial charge in [0, 0.05) is 24.1 Å². The third-order valence-electron chi connectivity index (χ3n) is 4.00. The van der Waals surface area contributed by atoms with Gasteiger partial charge in [0.1, 0.15) is 5.75 Å². The van der Waals surface area contributed by atoms with Crippen LogP contribution in [0.25, 0.3) is 11.4 Å². The molecule has 0 radical (unpaired) electrons. The molecule has 0 bridgehead atoms. The number of amides is 1. The summed E-state index contributed by atoms with van der Waals surface area (Å²) < 4.78 is 10.4. The summed E-state index contributed by atoms with van der Waals surface area (Å²) in [5.41, 5.74) is 2.82. The molecule has 0 aliphatic heterocycles. The van der Waals surface area contributed by atoms with Crippen molar-refractivity contribution in [3.63, 3.8) is 0 Å². The lowest BCUT2D eigenvalue weighted by Crippen LogP contribution is -2.12. The van der Waals surface area contributed by atoms with E-state index in [1.54, 1.807) is 7.11 Å². The standard InChI is InChI=1S/C20H21N3O3/c1-3-14-5-4-6-16(13-14)21-18(24)11-12-19-22-20(23-26-19)15-7-9-17(25-2)10-8-15/h4-10,13H,3,11-12H2,1-2H3,(H,21,24). The van der Waals surface area contributed by atoms with Crippen molar-refractivity contribution in [1.29, 1.82) is 0 Å². The molecule has 1 N–H and O–H groups in total. The highest BCUT2D eigenvalue weighted by molar-refractivity contribution is 5.90. The Balaban J connectivity index is 1.56. The molecule has 134 valence electrons. The molecule has 0 aliphatic rings. The van der Waals surface area contributed by atoms with Crippen molar-refractivity contribution >= 4 is 11.6 Å². The molecule has 1 heterocycles. The second kappa shape index (κ2) is 8.29. The van der Waals surface area contributed by atoms with Crippen LogP contribution in [0.5, 0.6) is 5.75 Å². The third kappa shape index (κ3) is 4.47. The fourth-order valence-corrected chi connectivity index (χ4v) is 2.53. The van der Waals surface area contributed by atoms with Crippen LogP contribution in [0.2, 0.25) is 0 Å². The maximum atomic E-state index is 12.1. The third-order valence-corrected chi connectivity index (χ3v) is 4.00. The fourth-order valence-electron chi connectivity index (χ4n) is 2.53. The summed E-state index contributed by atoms with van der Waals surface area (Å²) >= 11 is 0. The number of aromatic nitrogens is 2. The van der Waals surface area contributed by atoms with Gasteiger partial charge in [-0.2, -0.15) is 4.98 Å². The van der Waals surface area contributed by atoms with Gasteiger partial charge in [-0.25, -0.2) is 0 Å². The molecule has 3 rings (SSSR count). The molecular weight excluding hydrogens is 330 g/mol. The number of methoxy groups -OCH3 is 1. The number of aryl methyl sites for hydroxylation is 2. The highest BCUT2D eigenvalue weighted by Crippen LogP contribution is 2.20. The van der Waals surface area contributed by atoms with Gasteiger partial charge < -0.3 is 14.6 Å². The van der Waals surface area contributed by atoms with Gasteiger partial charge in [-0.1, -0.05) is 24.2 Å². The van der Waals surface area contributed by atoms with Crippen LogP contribution < -0.4 is 10.1 Å². The minimum absolute atomic E-state index is 0.0811. The molecule has 0 aliphatic carbocycles. The lowest BCUT2D eigenvalue weighted by atomic mass is 10.1. The van der Waals surface area contributed by atoms with E-state index in [0.29, 0.717) is 18.1 Å². The summed E-state index contributed by atoms with van der Waals surface area (Å²) in [6.07, 6.45) is 1.60. The van der Waals surface area contributed by atoms with Gasteiger partial charge in [0.2, 0.25) is 17.6 Å². The van der Waals surface area contributed by atoms with E-state index in [-0.39, 0.29) is 12.3 Å². The van der Waals surface area contributed by atoms with Crippen LogP contribution in [0, 0.1) is 0 Å². The van der Waals surface area contributed by atoms with E-state index in [2.05, 4.69) is 22.4 Å². The van der Waals surface area contributed by atoms with Gasteiger partial charge in [0.15, 0.2) is 0 Å². The minimum Gasteiger partial charge on any atom is -0.497 e. The predicted molar refractivity (Wildman–Crippen MR) is 99.1 cm³/mol. The van der Waals surface area contributed by atoms with Crippen molar-refractivity contribution in [3.05, 3.63) is 60.0 Å². The summed E-state index contributed by atoms with van der Waals surface area (Å²) in [5.74, 6) is 1.62. The summed E-state index contributed by atoms with van der Waals surface area (Å²) in [6.45, 7) is 2.08. The van der Waals surface area contributed by atoms with E-state index in [1.807, 2.05) is 48.5 Å². The number of carbonyl (C=O) groups excluding carboxylic acids is 1. The average Bonchev–Trinajstić information content (AvgIpc) is 3.15. The Kier molecular flexibility index (Phi) is 5.63. The maximum Gasteiger partial charge on any atom is 0.227 e. The minimum atomic E-state index is -0.0811. The van der Waals surface area contributed by atoms with E-state index >= 15 is 0 Å². The number of ether oxygens (including phenoxy) is 1. The molecule has 26 heavy (non-hydrogen) atoms. The number of benzene rings is 2. The van der Waals surface area contributed by atoms with Crippen LogP contribution in [-0.4, -0.2) is 23.2 Å². The molecule has 1 aromatic heterocycles. The lowest BCUT2D eigenvalue weighted by Gasteiger charge is -2.05. The van der Waals surface area contributed by atoms with Gasteiger partial charge in [0.25, 0.3) is 0 Å². The summed E-state index contributed by atoms with van der Waals surface area (Å²) in [6, 6.07) is 15.2. The monoisotopic (exact) mass is 351 g/mol. The van der Waals surface area contributed by atoms with E-state index in [9.17, 15) is 4.79 Å². The van der Waals surface area contributed by atoms with Crippen molar-refractivity contribution in [3.8, 4) is 17.1 Å². The molecule has 0 saturated carbocycles. The fraction of sp³-hybridized carbons (Fsp3) is 0.250. The van der Waals surface area contributed by atoms with Crippen LogP contribution in [0.15, 0.2) is 53.1 Å². The van der Waals surface area contributed by atoms with Crippen molar-refractivity contribution in [2.75, 3.05) is 12.4 Å². The van der Waals surface area contributed by atoms with E-state index in [4.69, 9.17) is 9.26 Å². The zero-order valence-corrected chi connectivity index (χ0v) is 14.9. The van der Waals surface area contributed by atoms with Gasteiger partial charge in [-0.3, -0.25) is 4.79 Å². The van der Waals surface area contributed by atoms with Crippen molar-refractivity contribution < 1.29 is 14.1 Å². The first-order chi connectivity index (χ1) is 12.7. The van der Waals surface area contributed by atoms with Crippen LogP contribution in [0.4, 0.5) is 5.69 Å². The molecule has 0 spiro atoms. The molecule has 6 nitrogen and oxygen atoms in total. The molecule has 0 fully saturated rings. The van der Waals surface area contributed by atoms with Gasteiger partial charge in [-0.05, 0) is 48.4 Å². The Morgan fingerprint density at radius 3 is 2.73 bits per heavy atom. The quantitative estimate of drug-likeness (QED) is 0.699. The topological polar surface area (TPSA) is 77.2 Å². The number of carbonyl (C=O) groups is 1. The van der Waals surface area contributed by atoms with Crippen molar-refractivity contribution in [1.82, 2.24) is 10.1 Å². The Morgan fingerprint density at radius 2 is 2.00 bits per heavy atom. The van der Waals surface area contributed by atoms with Gasteiger partial charge >= 0.3 is 0 Å². The number of hydrogen-bond acceptors (Lipinski definition) is 5. The van der Waals surface area contributed by atoms with Gasteiger partial charge in [-0.15, -0.1) is 0 Å². The summed E-state index contributed by atoms with van der Waals surface area (Å²) in [4.78, 5) is 16.5. The van der Waals surface area contributed by atoms with Crippen LogP contribution in [0.3, 0.4) is 0 Å². The molecule has 0 saturated heterocycles. The lowest BCUT2D eigenvalue weighted by molar-refractivity contribution is -0.116. The normalized spacial score (nSPS) is 10.5. The highest BCUT2D eigenvalue weighted by atomic mass is 16.5. The molecule has 3 aromatic rings. The van der Waals surface area contributed by atoms with Gasteiger partial charge in [0.05, 0.1) is 7.11 Å².